The molecular formula is C33H36N4O5S. The first-order chi connectivity index (χ1) is 20.9. The molecule has 0 radical (unpaired) electrons. The lowest BCUT2D eigenvalue weighted by atomic mass is 9.94. The molecule has 3 N–H and O–H groups in total. The largest absolute Gasteiger partial charge is 0.497 e. The highest BCUT2D eigenvalue weighted by atomic mass is 32.1. The van der Waals surface area contributed by atoms with Crippen LogP contribution in [0.3, 0.4) is 0 Å². The van der Waals surface area contributed by atoms with Crippen molar-refractivity contribution < 1.29 is 23.8 Å². The van der Waals surface area contributed by atoms with Gasteiger partial charge in [0.2, 0.25) is 5.91 Å². The van der Waals surface area contributed by atoms with Gasteiger partial charge in [-0.1, -0.05) is 37.5 Å². The van der Waals surface area contributed by atoms with Crippen molar-refractivity contribution in [2.45, 2.75) is 44.2 Å². The maximum atomic E-state index is 14.6. The summed E-state index contributed by atoms with van der Waals surface area (Å²) in [6, 6.07) is 20.6. The summed E-state index contributed by atoms with van der Waals surface area (Å²) in [6.07, 6.45) is 5.08. The lowest BCUT2D eigenvalue weighted by Crippen LogP contribution is -2.47. The molecule has 2 amide bonds. The molecule has 4 aromatic rings. The van der Waals surface area contributed by atoms with Gasteiger partial charge in [-0.25, -0.2) is 0 Å². The molecule has 43 heavy (non-hydrogen) atoms. The summed E-state index contributed by atoms with van der Waals surface area (Å²) >= 11 is 1.01. The second-order valence-electron chi connectivity index (χ2n) is 10.4. The number of nitrogens with zero attached hydrogens (tertiary/aromatic N) is 2. The van der Waals surface area contributed by atoms with Gasteiger partial charge in [-0.05, 0) is 78.5 Å². The molecule has 0 spiro atoms. The Morgan fingerprint density at radius 2 is 1.51 bits per heavy atom. The van der Waals surface area contributed by atoms with Crippen LogP contribution in [0.15, 0.2) is 72.8 Å². The van der Waals surface area contributed by atoms with Gasteiger partial charge in [0.25, 0.3) is 5.91 Å². The smallest absolute Gasteiger partial charge is 0.273 e. The van der Waals surface area contributed by atoms with E-state index in [0.29, 0.717) is 34.2 Å². The summed E-state index contributed by atoms with van der Waals surface area (Å²) in [5.74, 6) is 1.18. The highest BCUT2D eigenvalue weighted by Gasteiger charge is 2.37. The van der Waals surface area contributed by atoms with E-state index in [0.717, 1.165) is 49.2 Å². The van der Waals surface area contributed by atoms with E-state index < -0.39 is 11.9 Å². The van der Waals surface area contributed by atoms with Crippen molar-refractivity contribution in [3.8, 4) is 28.5 Å². The van der Waals surface area contributed by atoms with Gasteiger partial charge in [-0.3, -0.25) is 14.5 Å². The minimum Gasteiger partial charge on any atom is -0.497 e. The quantitative estimate of drug-likeness (QED) is 0.221. The van der Waals surface area contributed by atoms with E-state index >= 15 is 0 Å². The first kappa shape index (κ1) is 29.9. The highest BCUT2D eigenvalue weighted by Crippen LogP contribution is 2.38. The van der Waals surface area contributed by atoms with Crippen LogP contribution in [0.1, 0.15) is 53.4 Å². The molecule has 1 atom stereocenters. The van der Waals surface area contributed by atoms with Crippen LogP contribution in [0.2, 0.25) is 0 Å². The van der Waals surface area contributed by atoms with Crippen molar-refractivity contribution >= 4 is 34.7 Å². The summed E-state index contributed by atoms with van der Waals surface area (Å²) in [4.78, 5) is 30.5. The predicted molar refractivity (Wildman–Crippen MR) is 169 cm³/mol. The molecule has 3 aromatic carbocycles. The fraction of sp³-hybridized carbons (Fsp3) is 0.303. The second kappa shape index (κ2) is 13.6. The zero-order valence-electron chi connectivity index (χ0n) is 24.5. The van der Waals surface area contributed by atoms with Gasteiger partial charge in [0.05, 0.1) is 27.0 Å². The summed E-state index contributed by atoms with van der Waals surface area (Å²) in [7, 11) is 4.74. The van der Waals surface area contributed by atoms with Crippen molar-refractivity contribution in [2.75, 3.05) is 32.0 Å². The SMILES string of the molecule is COc1ccc(-c2nsc(C(=O)N(c3cccc(OC)c3)[C@@H](C(=O)NC3CCCCC3)c3ccc(OC)cc3)c2N)cc1. The molecule has 10 heteroatoms. The fourth-order valence-corrected chi connectivity index (χ4v) is 6.15. The maximum absolute atomic E-state index is 14.6. The van der Waals surface area contributed by atoms with Crippen LogP contribution >= 0.6 is 11.5 Å². The minimum absolute atomic E-state index is 0.0411. The summed E-state index contributed by atoms with van der Waals surface area (Å²) < 4.78 is 20.7. The number of rotatable bonds is 10. The van der Waals surface area contributed by atoms with Crippen LogP contribution in [-0.2, 0) is 4.79 Å². The third-order valence-corrected chi connectivity index (χ3v) is 8.58. The van der Waals surface area contributed by atoms with E-state index in [1.165, 1.54) is 4.90 Å². The Labute approximate surface area is 255 Å². The third-order valence-electron chi connectivity index (χ3n) is 7.73. The summed E-state index contributed by atoms with van der Waals surface area (Å²) in [6.45, 7) is 0. The summed E-state index contributed by atoms with van der Waals surface area (Å²) in [5, 5.41) is 3.24. The van der Waals surface area contributed by atoms with Crippen LogP contribution in [-0.4, -0.2) is 43.6 Å². The molecule has 5 rings (SSSR count). The third kappa shape index (κ3) is 6.59. The maximum Gasteiger partial charge on any atom is 0.273 e. The highest BCUT2D eigenvalue weighted by molar-refractivity contribution is 7.09. The number of nitrogens with two attached hydrogens (primary N) is 1. The number of amides is 2. The number of anilines is 2. The lowest BCUT2D eigenvalue weighted by Gasteiger charge is -2.33. The number of ether oxygens (including phenoxy) is 3. The monoisotopic (exact) mass is 600 g/mol. The minimum atomic E-state index is -1.00. The average Bonchev–Trinajstić information content (AvgIpc) is 3.44. The fourth-order valence-electron chi connectivity index (χ4n) is 5.39. The van der Waals surface area contributed by atoms with Gasteiger partial charge >= 0.3 is 0 Å². The number of carbonyl (C=O) groups excluding carboxylic acids is 2. The molecule has 1 heterocycles. The van der Waals surface area contributed by atoms with Gasteiger partial charge in [0, 0.05) is 23.4 Å². The number of nitrogens with one attached hydrogen (secondary N) is 1. The van der Waals surface area contributed by atoms with Gasteiger partial charge in [-0.2, -0.15) is 4.37 Å². The predicted octanol–water partition coefficient (Wildman–Crippen LogP) is 6.26. The molecule has 1 aliphatic rings. The van der Waals surface area contributed by atoms with Gasteiger partial charge in [0.15, 0.2) is 0 Å². The average molecular weight is 601 g/mol. The number of benzene rings is 3. The van der Waals surface area contributed by atoms with E-state index in [1.54, 1.807) is 57.7 Å². The second-order valence-corrected chi connectivity index (χ2v) is 11.2. The van der Waals surface area contributed by atoms with Crippen LogP contribution in [0.5, 0.6) is 17.2 Å². The molecule has 1 aliphatic carbocycles. The molecule has 1 aromatic heterocycles. The number of hydrogen-bond acceptors (Lipinski definition) is 8. The number of nitrogen functional groups attached to an aromatic ring is 1. The molecule has 1 fully saturated rings. The van der Waals surface area contributed by atoms with Crippen molar-refractivity contribution in [3.63, 3.8) is 0 Å². The zero-order chi connectivity index (χ0) is 30.3. The number of carbonyl (C=O) groups is 2. The Morgan fingerprint density at radius 3 is 2.14 bits per heavy atom. The van der Waals surface area contributed by atoms with E-state index in [9.17, 15) is 9.59 Å². The van der Waals surface area contributed by atoms with Crippen molar-refractivity contribution in [2.24, 2.45) is 0 Å². The van der Waals surface area contributed by atoms with E-state index in [1.807, 2.05) is 36.4 Å². The lowest BCUT2D eigenvalue weighted by molar-refractivity contribution is -0.123. The first-order valence-corrected chi connectivity index (χ1v) is 15.0. The first-order valence-electron chi connectivity index (χ1n) is 14.2. The van der Waals surface area contributed by atoms with Crippen molar-refractivity contribution in [1.82, 2.24) is 9.69 Å². The number of aromatic nitrogens is 1. The van der Waals surface area contributed by atoms with Gasteiger partial charge < -0.3 is 25.3 Å². The molecule has 1 saturated carbocycles. The number of methoxy groups -OCH3 is 3. The molecular weight excluding hydrogens is 564 g/mol. The molecule has 224 valence electrons. The van der Waals surface area contributed by atoms with E-state index in [-0.39, 0.29) is 22.5 Å². The molecule has 0 aliphatic heterocycles. The Morgan fingerprint density at radius 1 is 0.884 bits per heavy atom. The molecule has 0 saturated heterocycles. The standard InChI is InChI=1S/C33H36N4O5S/c1-40-25-16-12-21(13-17-25)29-28(34)31(43-36-29)33(39)37(24-10-7-11-27(20-24)42-3)30(22-14-18-26(41-2)19-15-22)32(38)35-23-8-5-4-6-9-23/h7,10-20,23,30H,4-6,8-9,34H2,1-3H3,(H,35,38)/t30-/m1/s1. The Kier molecular flexibility index (Phi) is 9.46. The zero-order valence-corrected chi connectivity index (χ0v) is 25.4. The van der Waals surface area contributed by atoms with Crippen LogP contribution in [0.4, 0.5) is 11.4 Å². The normalized spacial score (nSPS) is 14.0. The molecule has 0 unspecified atom stereocenters. The molecule has 9 nitrogen and oxygen atoms in total. The molecule has 0 bridgehead atoms. The van der Waals surface area contributed by atoms with Crippen molar-refractivity contribution in [1.29, 1.82) is 0 Å². The van der Waals surface area contributed by atoms with Crippen LogP contribution in [0, 0.1) is 0 Å². The van der Waals surface area contributed by atoms with Crippen LogP contribution in [0.25, 0.3) is 11.3 Å². The topological polar surface area (TPSA) is 116 Å². The Hall–Kier alpha value is -4.57. The van der Waals surface area contributed by atoms with Gasteiger partial charge in [-0.15, -0.1) is 0 Å². The van der Waals surface area contributed by atoms with Crippen molar-refractivity contribution in [3.05, 3.63) is 83.2 Å². The Bertz CT molecular complexity index is 1550. The van der Waals surface area contributed by atoms with Crippen LogP contribution < -0.4 is 30.2 Å². The van der Waals surface area contributed by atoms with Gasteiger partial charge in [0.1, 0.15) is 33.9 Å². The summed E-state index contributed by atoms with van der Waals surface area (Å²) in [5.41, 5.74) is 9.22. The Balaban J connectivity index is 1.61. The van der Waals surface area contributed by atoms with E-state index in [2.05, 4.69) is 9.69 Å². The number of hydrogen-bond donors (Lipinski definition) is 2. The van der Waals surface area contributed by atoms with E-state index in [4.69, 9.17) is 19.9 Å².